The van der Waals surface area contributed by atoms with Gasteiger partial charge in [0.05, 0.1) is 52.5 Å². The van der Waals surface area contributed by atoms with Crippen LogP contribution in [0.4, 0.5) is 5.69 Å². The van der Waals surface area contributed by atoms with E-state index in [0.29, 0.717) is 16.5 Å². The molecule has 0 unspecified atom stereocenters. The molecule has 2 aromatic carbocycles. The van der Waals surface area contributed by atoms with Gasteiger partial charge in [0.15, 0.2) is 0 Å². The Kier molecular flexibility index (Phi) is 9.65. The molecule has 1 aliphatic rings. The van der Waals surface area contributed by atoms with E-state index in [9.17, 15) is 14.9 Å². The van der Waals surface area contributed by atoms with Crippen LogP contribution in [-0.4, -0.2) is 24.2 Å². The van der Waals surface area contributed by atoms with Crippen LogP contribution in [0.5, 0.6) is 0 Å². The number of hydrogen-bond donors (Lipinski definition) is 2. The molecule has 200 valence electrons. The number of dihydropyridines is 1. The van der Waals surface area contributed by atoms with Crippen molar-refractivity contribution in [2.24, 2.45) is 0 Å². The Balaban J connectivity index is 1.61. The summed E-state index contributed by atoms with van der Waals surface area (Å²) in [5.41, 5.74) is 3.79. The minimum absolute atomic E-state index is 0.0623. The fourth-order valence-corrected chi connectivity index (χ4v) is 5.21. The van der Waals surface area contributed by atoms with Crippen molar-refractivity contribution in [3.8, 4) is 6.07 Å². The van der Waals surface area contributed by atoms with Gasteiger partial charge < -0.3 is 19.8 Å². The number of nitrogens with one attached hydrogen (secondary N) is 2. The number of furan rings is 1. The third-order valence-corrected chi connectivity index (χ3v) is 7.26. The van der Waals surface area contributed by atoms with Gasteiger partial charge in [0.25, 0.3) is 0 Å². The minimum atomic E-state index is -0.790. The van der Waals surface area contributed by atoms with Crippen molar-refractivity contribution in [2.75, 3.05) is 17.7 Å². The third-order valence-electron chi connectivity index (χ3n) is 6.24. The van der Waals surface area contributed by atoms with Crippen LogP contribution in [-0.2, 0) is 20.7 Å². The van der Waals surface area contributed by atoms with Crippen LogP contribution < -0.4 is 10.6 Å². The van der Waals surface area contributed by atoms with Gasteiger partial charge in [-0.1, -0.05) is 67.6 Å². The average molecular weight is 542 g/mol. The van der Waals surface area contributed by atoms with Crippen molar-refractivity contribution < 1.29 is 18.7 Å². The summed E-state index contributed by atoms with van der Waals surface area (Å²) in [6.45, 7) is 4.08. The monoisotopic (exact) mass is 541 g/mol. The fraction of sp³-hybridized carbons (Fsp3) is 0.258. The molecule has 0 radical (unpaired) electrons. The van der Waals surface area contributed by atoms with E-state index >= 15 is 0 Å². The van der Waals surface area contributed by atoms with Crippen LogP contribution in [0.2, 0.25) is 0 Å². The van der Waals surface area contributed by atoms with Gasteiger partial charge in [0.2, 0.25) is 5.91 Å². The molecular formula is C31H31N3O4S. The standard InChI is InChI=1S/C31H31N3O4S/c1-3-5-10-21-14-16-23(17-15-21)33-26(35)20-39-30-24(19-32)27(25-13-9-18-38-25)28(31(36)37-4-2)29(34-30)22-11-7-6-8-12-22/h6-9,11-18,27,34H,3-5,10,20H2,1-2H3,(H,33,35)/t27-/m0/s1. The van der Waals surface area contributed by atoms with Crippen molar-refractivity contribution in [1.29, 1.82) is 5.26 Å². The van der Waals surface area contributed by atoms with Crippen molar-refractivity contribution in [3.63, 3.8) is 0 Å². The van der Waals surface area contributed by atoms with Crippen LogP contribution in [0.1, 0.15) is 49.5 Å². The number of hydrogen-bond acceptors (Lipinski definition) is 7. The average Bonchev–Trinajstić information content (AvgIpc) is 3.50. The maximum Gasteiger partial charge on any atom is 0.337 e. The summed E-state index contributed by atoms with van der Waals surface area (Å²) in [5.74, 6) is -1.03. The maximum absolute atomic E-state index is 13.2. The van der Waals surface area contributed by atoms with Crippen molar-refractivity contribution >= 4 is 35.0 Å². The molecule has 1 aliphatic heterocycles. The fourth-order valence-electron chi connectivity index (χ4n) is 4.37. The molecule has 0 aliphatic carbocycles. The van der Waals surface area contributed by atoms with E-state index < -0.39 is 11.9 Å². The predicted molar refractivity (Wildman–Crippen MR) is 153 cm³/mol. The molecule has 8 heteroatoms. The second kappa shape index (κ2) is 13.5. The molecule has 2 heterocycles. The number of unbranched alkanes of at least 4 members (excludes halogenated alkanes) is 1. The number of ether oxygens (including phenoxy) is 1. The molecule has 2 N–H and O–H groups in total. The number of benzene rings is 2. The number of allylic oxidation sites excluding steroid dienone is 1. The second-order valence-electron chi connectivity index (χ2n) is 8.94. The first-order chi connectivity index (χ1) is 19.0. The Bertz CT molecular complexity index is 1390. The minimum Gasteiger partial charge on any atom is -0.468 e. The second-order valence-corrected chi connectivity index (χ2v) is 9.93. The molecule has 1 amide bonds. The Morgan fingerprint density at radius 1 is 1.08 bits per heavy atom. The lowest BCUT2D eigenvalue weighted by atomic mass is 9.84. The third kappa shape index (κ3) is 6.81. The highest BCUT2D eigenvalue weighted by atomic mass is 32.2. The molecule has 1 atom stereocenters. The van der Waals surface area contributed by atoms with E-state index in [1.54, 1.807) is 19.1 Å². The quantitative estimate of drug-likeness (QED) is 0.271. The van der Waals surface area contributed by atoms with Gasteiger partial charge in [-0.15, -0.1) is 0 Å². The molecule has 39 heavy (non-hydrogen) atoms. The number of nitriles is 1. The first-order valence-corrected chi connectivity index (χ1v) is 14.0. The highest BCUT2D eigenvalue weighted by Gasteiger charge is 2.38. The largest absolute Gasteiger partial charge is 0.468 e. The van der Waals surface area contributed by atoms with Gasteiger partial charge in [0.1, 0.15) is 5.76 Å². The Morgan fingerprint density at radius 2 is 1.85 bits per heavy atom. The molecular weight excluding hydrogens is 510 g/mol. The summed E-state index contributed by atoms with van der Waals surface area (Å²) < 4.78 is 11.1. The van der Waals surface area contributed by atoms with Crippen LogP contribution in [0, 0.1) is 11.3 Å². The van der Waals surface area contributed by atoms with E-state index in [2.05, 4.69) is 23.6 Å². The molecule has 0 fully saturated rings. The summed E-state index contributed by atoms with van der Waals surface area (Å²) in [5, 5.41) is 16.9. The van der Waals surface area contributed by atoms with Crippen LogP contribution in [0.25, 0.3) is 5.70 Å². The van der Waals surface area contributed by atoms with E-state index in [0.717, 1.165) is 30.5 Å². The highest BCUT2D eigenvalue weighted by molar-refractivity contribution is 8.03. The Hall–Kier alpha value is -4.22. The molecule has 0 saturated heterocycles. The highest BCUT2D eigenvalue weighted by Crippen LogP contribution is 2.43. The van der Waals surface area contributed by atoms with Gasteiger partial charge in [-0.2, -0.15) is 5.26 Å². The number of amides is 1. The lowest BCUT2D eigenvalue weighted by Gasteiger charge is -2.29. The number of thioether (sulfide) groups is 1. The molecule has 1 aromatic heterocycles. The molecule has 0 saturated carbocycles. The van der Waals surface area contributed by atoms with Gasteiger partial charge in [0, 0.05) is 5.69 Å². The lowest BCUT2D eigenvalue weighted by molar-refractivity contribution is -0.138. The van der Waals surface area contributed by atoms with Crippen LogP contribution >= 0.6 is 11.8 Å². The van der Waals surface area contributed by atoms with Crippen LogP contribution in [0.15, 0.2) is 93.6 Å². The van der Waals surface area contributed by atoms with Crippen molar-refractivity contribution in [1.82, 2.24) is 5.32 Å². The summed E-state index contributed by atoms with van der Waals surface area (Å²) in [7, 11) is 0. The zero-order valence-electron chi connectivity index (χ0n) is 22.0. The van der Waals surface area contributed by atoms with Crippen molar-refractivity contribution in [2.45, 2.75) is 39.0 Å². The SMILES string of the molecule is CCCCc1ccc(NC(=O)CSC2=C(C#N)[C@@H](c3ccco3)C(C(=O)OCC)=C(c3ccccc3)N2)cc1. The number of anilines is 1. The van der Waals surface area contributed by atoms with E-state index in [4.69, 9.17) is 9.15 Å². The zero-order chi connectivity index (χ0) is 27.6. The van der Waals surface area contributed by atoms with Gasteiger partial charge in [-0.25, -0.2) is 4.79 Å². The van der Waals surface area contributed by atoms with Crippen LogP contribution in [0.3, 0.4) is 0 Å². The summed E-state index contributed by atoms with van der Waals surface area (Å²) in [4.78, 5) is 26.1. The van der Waals surface area contributed by atoms with Gasteiger partial charge >= 0.3 is 5.97 Å². The van der Waals surface area contributed by atoms with E-state index in [-0.39, 0.29) is 29.4 Å². The lowest BCUT2D eigenvalue weighted by Crippen LogP contribution is -2.29. The molecule has 4 rings (SSSR count). The van der Waals surface area contributed by atoms with Crippen molar-refractivity contribution in [3.05, 3.63) is 106 Å². The summed E-state index contributed by atoms with van der Waals surface area (Å²) >= 11 is 1.20. The first-order valence-electron chi connectivity index (χ1n) is 13.0. The number of rotatable bonds is 11. The first kappa shape index (κ1) is 27.8. The Morgan fingerprint density at radius 3 is 2.49 bits per heavy atom. The smallest absolute Gasteiger partial charge is 0.337 e. The summed E-state index contributed by atoms with van der Waals surface area (Å²) in [6.07, 6.45) is 4.78. The number of aryl methyl sites for hydroxylation is 1. The van der Waals surface area contributed by atoms with E-state index in [1.165, 1.54) is 23.6 Å². The summed E-state index contributed by atoms with van der Waals surface area (Å²) in [6, 6.07) is 22.9. The number of carbonyl (C=O) groups excluding carboxylic acids is 2. The number of nitrogens with zero attached hydrogens (tertiary/aromatic N) is 1. The topological polar surface area (TPSA) is 104 Å². The Labute approximate surface area is 232 Å². The van der Waals surface area contributed by atoms with E-state index in [1.807, 2.05) is 54.6 Å². The van der Waals surface area contributed by atoms with Gasteiger partial charge in [-0.3, -0.25) is 4.79 Å². The molecule has 7 nitrogen and oxygen atoms in total. The normalized spacial score (nSPS) is 14.9. The van der Waals surface area contributed by atoms with Gasteiger partial charge in [-0.05, 0) is 55.2 Å². The maximum atomic E-state index is 13.2. The zero-order valence-corrected chi connectivity index (χ0v) is 22.8. The predicted octanol–water partition coefficient (Wildman–Crippen LogP) is 6.39. The molecule has 3 aromatic rings. The number of carbonyl (C=O) groups is 2. The molecule has 0 spiro atoms. The molecule has 0 bridgehead atoms. The number of esters is 1.